The van der Waals surface area contributed by atoms with Crippen molar-refractivity contribution in [1.82, 2.24) is 14.9 Å². The number of alkyl halides is 3. The lowest BCUT2D eigenvalue weighted by molar-refractivity contribution is -0.137. The molecule has 5 rings (SSSR count). The summed E-state index contributed by atoms with van der Waals surface area (Å²) in [5.74, 6) is 0.263. The molecule has 3 heterocycles. The van der Waals surface area contributed by atoms with Crippen LogP contribution in [0.5, 0.6) is 5.75 Å². The lowest BCUT2D eigenvalue weighted by atomic mass is 10.0. The SMILES string of the molecule is COc1cc(N2C(=S)N[C@@H](c3ccccn3)[C@H]2c2cccn2-c2cccc(C(F)(F)F)c2)ccc1NS(C)(=O)=O. The Morgan fingerprint density at radius 2 is 1.82 bits per heavy atom. The Balaban J connectivity index is 1.65. The van der Waals surface area contributed by atoms with Gasteiger partial charge in [-0.1, -0.05) is 12.1 Å². The van der Waals surface area contributed by atoms with E-state index >= 15 is 0 Å². The van der Waals surface area contributed by atoms with Gasteiger partial charge in [0.05, 0.1) is 36.4 Å². The minimum absolute atomic E-state index is 0.247. The van der Waals surface area contributed by atoms with Gasteiger partial charge in [0.1, 0.15) is 11.8 Å². The number of pyridine rings is 1. The maximum absolute atomic E-state index is 13.5. The predicted molar refractivity (Wildman–Crippen MR) is 150 cm³/mol. The molecule has 40 heavy (non-hydrogen) atoms. The van der Waals surface area contributed by atoms with Crippen LogP contribution >= 0.6 is 12.2 Å². The van der Waals surface area contributed by atoms with E-state index in [1.165, 1.54) is 13.2 Å². The van der Waals surface area contributed by atoms with Crippen molar-refractivity contribution in [3.63, 3.8) is 0 Å². The Morgan fingerprint density at radius 3 is 2.50 bits per heavy atom. The van der Waals surface area contributed by atoms with Gasteiger partial charge >= 0.3 is 6.18 Å². The molecule has 4 aromatic rings. The molecule has 1 aliphatic rings. The van der Waals surface area contributed by atoms with E-state index in [0.717, 1.165) is 18.4 Å². The standard InChI is InChI=1S/C27H24F3N5O3S2/c1-38-23-16-19(11-12-20(23)33-40(2,36)37)35-25(24(32-26(35)39)21-9-3-4-13-31-21)22-10-6-14-34(22)18-8-5-7-17(15-18)27(28,29)30/h3-16,24-25,33H,1-2H3,(H,32,39)/t24-,25+/m0/s1. The van der Waals surface area contributed by atoms with Gasteiger partial charge in [0.25, 0.3) is 0 Å². The van der Waals surface area contributed by atoms with Gasteiger partial charge in [-0.15, -0.1) is 0 Å². The average Bonchev–Trinajstić information content (AvgIpc) is 3.52. The highest BCUT2D eigenvalue weighted by atomic mass is 32.2. The van der Waals surface area contributed by atoms with Crippen LogP contribution < -0.4 is 19.7 Å². The molecular formula is C27H24F3N5O3S2. The smallest absolute Gasteiger partial charge is 0.416 e. The van der Waals surface area contributed by atoms with Crippen LogP contribution in [0.2, 0.25) is 0 Å². The fourth-order valence-electron chi connectivity index (χ4n) is 4.75. The summed E-state index contributed by atoms with van der Waals surface area (Å²) in [6, 6.07) is 18.0. The molecule has 0 amide bonds. The molecule has 0 bridgehead atoms. The van der Waals surface area contributed by atoms with E-state index in [2.05, 4.69) is 15.0 Å². The van der Waals surface area contributed by atoms with E-state index in [4.69, 9.17) is 17.0 Å². The number of nitrogens with one attached hydrogen (secondary N) is 2. The minimum atomic E-state index is -4.50. The number of hydrogen-bond acceptors (Lipinski definition) is 5. The van der Waals surface area contributed by atoms with Crippen LogP contribution in [0.15, 0.2) is 85.2 Å². The highest BCUT2D eigenvalue weighted by molar-refractivity contribution is 7.92. The molecule has 0 spiro atoms. The lowest BCUT2D eigenvalue weighted by Crippen LogP contribution is -2.30. The first-order valence-electron chi connectivity index (χ1n) is 12.0. The van der Waals surface area contributed by atoms with E-state index in [0.29, 0.717) is 27.9 Å². The van der Waals surface area contributed by atoms with Crippen molar-refractivity contribution in [2.75, 3.05) is 23.0 Å². The first-order valence-corrected chi connectivity index (χ1v) is 14.3. The normalized spacial score (nSPS) is 17.5. The summed E-state index contributed by atoms with van der Waals surface area (Å²) in [4.78, 5) is 6.33. The van der Waals surface area contributed by atoms with E-state index < -0.39 is 33.8 Å². The van der Waals surface area contributed by atoms with Crippen LogP contribution in [0, 0.1) is 0 Å². The molecule has 1 saturated heterocycles. The molecule has 0 aliphatic carbocycles. The number of methoxy groups -OCH3 is 1. The molecule has 2 aromatic carbocycles. The maximum atomic E-state index is 13.5. The monoisotopic (exact) mass is 587 g/mol. The molecule has 2 N–H and O–H groups in total. The number of benzene rings is 2. The highest BCUT2D eigenvalue weighted by Gasteiger charge is 2.42. The second kappa shape index (κ2) is 10.5. The number of thiocarbonyl (C=S) groups is 1. The van der Waals surface area contributed by atoms with Gasteiger partial charge < -0.3 is 19.5 Å². The summed E-state index contributed by atoms with van der Waals surface area (Å²) in [7, 11) is -2.15. The van der Waals surface area contributed by atoms with Crippen molar-refractivity contribution >= 4 is 38.7 Å². The van der Waals surface area contributed by atoms with Gasteiger partial charge in [-0.25, -0.2) is 8.42 Å². The fourth-order valence-corrected chi connectivity index (χ4v) is 5.66. The molecule has 1 fully saturated rings. The van der Waals surface area contributed by atoms with Crippen molar-refractivity contribution in [3.8, 4) is 11.4 Å². The molecule has 8 nitrogen and oxygen atoms in total. The van der Waals surface area contributed by atoms with E-state index in [9.17, 15) is 21.6 Å². The first kappa shape index (κ1) is 27.5. The quantitative estimate of drug-likeness (QED) is 0.278. The fraction of sp³-hybridized carbons (Fsp3) is 0.185. The van der Waals surface area contributed by atoms with Crippen LogP contribution in [-0.2, 0) is 16.2 Å². The molecule has 2 aromatic heterocycles. The van der Waals surface area contributed by atoms with Crippen molar-refractivity contribution in [3.05, 3.63) is 102 Å². The van der Waals surface area contributed by atoms with Gasteiger partial charge in [-0.05, 0) is 66.8 Å². The molecule has 1 aliphatic heterocycles. The van der Waals surface area contributed by atoms with Crippen LogP contribution in [0.4, 0.5) is 24.5 Å². The molecular weight excluding hydrogens is 563 g/mol. The summed E-state index contributed by atoms with van der Waals surface area (Å²) >= 11 is 5.76. The molecule has 0 radical (unpaired) electrons. The van der Waals surface area contributed by atoms with Crippen LogP contribution in [-0.4, -0.2) is 36.4 Å². The largest absolute Gasteiger partial charge is 0.494 e. The summed E-state index contributed by atoms with van der Waals surface area (Å²) < 4.78 is 73.8. The summed E-state index contributed by atoms with van der Waals surface area (Å²) in [5, 5.41) is 3.66. The van der Waals surface area contributed by atoms with E-state index in [1.54, 1.807) is 53.4 Å². The second-order valence-electron chi connectivity index (χ2n) is 9.11. The minimum Gasteiger partial charge on any atom is -0.494 e. The number of nitrogens with zero attached hydrogens (tertiary/aromatic N) is 3. The van der Waals surface area contributed by atoms with Crippen molar-refractivity contribution in [2.24, 2.45) is 0 Å². The number of aromatic nitrogens is 2. The zero-order chi connectivity index (χ0) is 28.7. The number of sulfonamides is 1. The maximum Gasteiger partial charge on any atom is 0.416 e. The molecule has 13 heteroatoms. The third-order valence-electron chi connectivity index (χ3n) is 6.39. The van der Waals surface area contributed by atoms with Crippen LogP contribution in [0.3, 0.4) is 0 Å². The lowest BCUT2D eigenvalue weighted by Gasteiger charge is -2.29. The second-order valence-corrected chi connectivity index (χ2v) is 11.2. The summed E-state index contributed by atoms with van der Waals surface area (Å²) in [6.07, 6.45) is -0.115. The zero-order valence-corrected chi connectivity index (χ0v) is 22.9. The number of rotatable bonds is 7. The van der Waals surface area contributed by atoms with Gasteiger partial charge in [-0.3, -0.25) is 9.71 Å². The molecule has 0 unspecified atom stereocenters. The Morgan fingerprint density at radius 1 is 1.02 bits per heavy atom. The van der Waals surface area contributed by atoms with Crippen molar-refractivity contribution in [2.45, 2.75) is 18.3 Å². The number of halogens is 3. The van der Waals surface area contributed by atoms with E-state index in [1.807, 2.05) is 23.1 Å². The van der Waals surface area contributed by atoms with Crippen LogP contribution in [0.1, 0.15) is 29.0 Å². The number of anilines is 2. The topological polar surface area (TPSA) is 88.5 Å². The molecule has 208 valence electrons. The van der Waals surface area contributed by atoms with Gasteiger partial charge in [0, 0.05) is 35.5 Å². The van der Waals surface area contributed by atoms with Gasteiger partial charge in [-0.2, -0.15) is 13.2 Å². The predicted octanol–water partition coefficient (Wildman–Crippen LogP) is 5.45. The first-order chi connectivity index (χ1) is 19.0. The van der Waals surface area contributed by atoms with Crippen molar-refractivity contribution < 1.29 is 26.3 Å². The van der Waals surface area contributed by atoms with Crippen molar-refractivity contribution in [1.29, 1.82) is 0 Å². The average molecular weight is 588 g/mol. The number of hydrogen-bond donors (Lipinski definition) is 2. The zero-order valence-electron chi connectivity index (χ0n) is 21.3. The Labute approximate surface area is 234 Å². The molecule has 0 saturated carbocycles. The van der Waals surface area contributed by atoms with E-state index in [-0.39, 0.29) is 11.4 Å². The Kier molecular flexibility index (Phi) is 7.19. The summed E-state index contributed by atoms with van der Waals surface area (Å²) in [5.41, 5.74) is 1.72. The van der Waals surface area contributed by atoms with Gasteiger partial charge in [0.15, 0.2) is 5.11 Å². The number of ether oxygens (including phenoxy) is 1. The third kappa shape index (κ3) is 5.47. The molecule has 2 atom stereocenters. The summed E-state index contributed by atoms with van der Waals surface area (Å²) in [6.45, 7) is 0. The Hall–Kier alpha value is -4.10. The highest BCUT2D eigenvalue weighted by Crippen LogP contribution is 2.44. The van der Waals surface area contributed by atoms with Gasteiger partial charge in [0.2, 0.25) is 10.0 Å². The van der Waals surface area contributed by atoms with Crippen LogP contribution in [0.25, 0.3) is 5.69 Å². The Bertz CT molecular complexity index is 1660. The third-order valence-corrected chi connectivity index (χ3v) is 7.30.